The fraction of sp³-hybridized carbons (Fsp3) is 0.706. The molecule has 5 rings (SSSR count). The average Bonchev–Trinajstić information content (AvgIpc) is 2.86. The molecule has 1 heterocycles. The number of carboxylic acids is 1. The fourth-order valence-corrected chi connectivity index (χ4v) is 4.55. The van der Waals surface area contributed by atoms with E-state index in [0.717, 1.165) is 25.0 Å². The van der Waals surface area contributed by atoms with Crippen molar-refractivity contribution in [2.45, 2.75) is 70.0 Å². The van der Waals surface area contributed by atoms with Crippen LogP contribution in [0.1, 0.15) is 69.3 Å². The van der Waals surface area contributed by atoms with Gasteiger partial charge in [0.25, 0.3) is 0 Å². The summed E-state index contributed by atoms with van der Waals surface area (Å²) in [6, 6.07) is 0.0400. The SMILES string of the molecule is CC(C)n1cc2c(n1)C(NC(=O)NC13CC(C(=O)O)(C1)C3)CCC2. The molecule has 1 atom stereocenters. The molecule has 2 amide bonds. The number of carbonyl (C=O) groups excluding carboxylic acids is 1. The Bertz CT molecular complexity index is 689. The Labute approximate surface area is 140 Å². The van der Waals surface area contributed by atoms with E-state index >= 15 is 0 Å². The molecule has 3 N–H and O–H groups in total. The Balaban J connectivity index is 1.39. The lowest BCUT2D eigenvalue weighted by atomic mass is 9.39. The molecule has 0 spiro atoms. The van der Waals surface area contributed by atoms with Crippen LogP contribution in [0.2, 0.25) is 0 Å². The van der Waals surface area contributed by atoms with Crippen molar-refractivity contribution in [3.8, 4) is 0 Å². The summed E-state index contributed by atoms with van der Waals surface area (Å²) >= 11 is 0. The van der Waals surface area contributed by atoms with Crippen molar-refractivity contribution in [3.05, 3.63) is 17.5 Å². The van der Waals surface area contributed by atoms with E-state index in [1.807, 2.05) is 4.68 Å². The smallest absolute Gasteiger partial charge is 0.315 e. The van der Waals surface area contributed by atoms with Crippen LogP contribution in [0.3, 0.4) is 0 Å². The van der Waals surface area contributed by atoms with Crippen molar-refractivity contribution in [2.24, 2.45) is 5.41 Å². The van der Waals surface area contributed by atoms with E-state index < -0.39 is 11.4 Å². The van der Waals surface area contributed by atoms with Gasteiger partial charge in [0.05, 0.1) is 17.2 Å². The number of rotatable bonds is 4. The van der Waals surface area contributed by atoms with Crippen molar-refractivity contribution in [3.63, 3.8) is 0 Å². The third-order valence-electron chi connectivity index (χ3n) is 5.81. The highest BCUT2D eigenvalue weighted by atomic mass is 16.4. The van der Waals surface area contributed by atoms with Crippen molar-refractivity contribution < 1.29 is 14.7 Å². The molecule has 4 aliphatic carbocycles. The third-order valence-corrected chi connectivity index (χ3v) is 5.81. The van der Waals surface area contributed by atoms with E-state index in [1.54, 1.807) is 0 Å². The quantitative estimate of drug-likeness (QED) is 0.787. The molecule has 0 radical (unpaired) electrons. The zero-order valence-corrected chi connectivity index (χ0v) is 14.1. The Morgan fingerprint density at radius 1 is 1.38 bits per heavy atom. The summed E-state index contributed by atoms with van der Waals surface area (Å²) < 4.78 is 1.96. The van der Waals surface area contributed by atoms with Crippen LogP contribution in [0.25, 0.3) is 0 Å². The molecule has 130 valence electrons. The Hall–Kier alpha value is -2.05. The number of urea groups is 1. The van der Waals surface area contributed by atoms with E-state index in [1.165, 1.54) is 5.56 Å². The first-order valence-electron chi connectivity index (χ1n) is 8.73. The number of nitrogens with zero attached hydrogens (tertiary/aromatic N) is 2. The lowest BCUT2D eigenvalue weighted by Crippen LogP contribution is -2.77. The lowest BCUT2D eigenvalue weighted by molar-refractivity contribution is -0.196. The third kappa shape index (κ3) is 2.21. The molecule has 4 aliphatic rings. The number of fused-ring (bicyclic) bond motifs is 1. The molecule has 7 heteroatoms. The van der Waals surface area contributed by atoms with Gasteiger partial charge in [0.15, 0.2) is 0 Å². The Morgan fingerprint density at radius 3 is 2.71 bits per heavy atom. The van der Waals surface area contributed by atoms with Crippen LogP contribution in [0.4, 0.5) is 4.79 Å². The Morgan fingerprint density at radius 2 is 2.08 bits per heavy atom. The topological polar surface area (TPSA) is 96.3 Å². The summed E-state index contributed by atoms with van der Waals surface area (Å²) in [4.78, 5) is 23.5. The number of hydrogen-bond donors (Lipinski definition) is 3. The minimum atomic E-state index is -0.734. The maximum Gasteiger partial charge on any atom is 0.315 e. The van der Waals surface area contributed by atoms with Crippen molar-refractivity contribution in [1.29, 1.82) is 0 Å². The number of nitrogens with one attached hydrogen (secondary N) is 2. The first-order valence-corrected chi connectivity index (χ1v) is 8.73. The average molecular weight is 332 g/mol. The molecule has 0 saturated heterocycles. The van der Waals surface area contributed by atoms with Crippen LogP contribution in [0, 0.1) is 5.41 Å². The maximum atomic E-state index is 12.4. The van der Waals surface area contributed by atoms with Crippen LogP contribution >= 0.6 is 0 Å². The minimum Gasteiger partial charge on any atom is -0.481 e. The fourth-order valence-electron chi connectivity index (χ4n) is 4.55. The van der Waals surface area contributed by atoms with Crippen LogP contribution < -0.4 is 10.6 Å². The molecule has 7 nitrogen and oxygen atoms in total. The zero-order valence-electron chi connectivity index (χ0n) is 14.1. The standard InChI is InChI=1S/C17H24N4O3/c1-10(2)21-6-11-4-3-5-12(13(11)20-21)18-15(24)19-17-7-16(8-17,9-17)14(22)23/h6,10,12H,3-5,7-9H2,1-2H3,(H,22,23)(H2,18,19,24). The second-order valence-electron chi connectivity index (χ2n) is 8.05. The summed E-state index contributed by atoms with van der Waals surface area (Å²) in [6.45, 7) is 4.18. The van der Waals surface area contributed by atoms with Gasteiger partial charge in [0.1, 0.15) is 0 Å². The van der Waals surface area contributed by atoms with Crippen LogP contribution in [-0.2, 0) is 11.2 Å². The van der Waals surface area contributed by atoms with Gasteiger partial charge in [0.2, 0.25) is 0 Å². The molecule has 0 aliphatic heterocycles. The van der Waals surface area contributed by atoms with Gasteiger partial charge in [-0.3, -0.25) is 9.48 Å². The number of amides is 2. The van der Waals surface area contributed by atoms with Gasteiger partial charge >= 0.3 is 12.0 Å². The van der Waals surface area contributed by atoms with Crippen molar-refractivity contribution >= 4 is 12.0 Å². The number of aliphatic carboxylic acids is 1. The summed E-state index contributed by atoms with van der Waals surface area (Å²) in [7, 11) is 0. The number of hydrogen-bond acceptors (Lipinski definition) is 3. The maximum absolute atomic E-state index is 12.4. The molecular weight excluding hydrogens is 308 g/mol. The molecule has 1 aromatic heterocycles. The second-order valence-corrected chi connectivity index (χ2v) is 8.05. The number of aryl methyl sites for hydroxylation is 1. The van der Waals surface area contributed by atoms with E-state index in [0.29, 0.717) is 25.3 Å². The molecule has 2 bridgehead atoms. The van der Waals surface area contributed by atoms with Crippen molar-refractivity contribution in [2.75, 3.05) is 0 Å². The molecule has 3 fully saturated rings. The first kappa shape index (κ1) is 15.5. The Kier molecular flexibility index (Phi) is 3.21. The van der Waals surface area contributed by atoms with E-state index in [-0.39, 0.29) is 17.6 Å². The van der Waals surface area contributed by atoms with Gasteiger partial charge in [-0.15, -0.1) is 0 Å². The van der Waals surface area contributed by atoms with E-state index in [9.17, 15) is 9.59 Å². The van der Waals surface area contributed by atoms with Gasteiger partial charge in [-0.2, -0.15) is 5.10 Å². The lowest BCUT2D eigenvalue weighted by Gasteiger charge is -2.67. The normalized spacial score (nSPS) is 33.2. The van der Waals surface area contributed by atoms with Crippen LogP contribution in [0.15, 0.2) is 6.20 Å². The highest BCUT2D eigenvalue weighted by Crippen LogP contribution is 2.67. The number of carboxylic acid groups (broad SMARTS) is 1. The molecular formula is C17H24N4O3. The van der Waals surface area contributed by atoms with Gasteiger partial charge in [-0.25, -0.2) is 4.79 Å². The van der Waals surface area contributed by atoms with Crippen molar-refractivity contribution in [1.82, 2.24) is 20.4 Å². The summed E-state index contributed by atoms with van der Waals surface area (Å²) in [5, 5.41) is 19.9. The first-order chi connectivity index (χ1) is 11.3. The molecule has 0 aromatic carbocycles. The summed E-state index contributed by atoms with van der Waals surface area (Å²) in [5.74, 6) is -0.734. The number of aromatic nitrogens is 2. The highest BCUT2D eigenvalue weighted by molar-refractivity contribution is 5.83. The zero-order chi connectivity index (χ0) is 17.1. The predicted molar refractivity (Wildman–Crippen MR) is 86.6 cm³/mol. The molecule has 1 aromatic rings. The van der Waals surface area contributed by atoms with Gasteiger partial charge in [0, 0.05) is 17.8 Å². The predicted octanol–water partition coefficient (Wildman–Crippen LogP) is 2.15. The van der Waals surface area contributed by atoms with Gasteiger partial charge in [-0.1, -0.05) is 0 Å². The van der Waals surface area contributed by atoms with Gasteiger partial charge < -0.3 is 15.7 Å². The largest absolute Gasteiger partial charge is 0.481 e. The van der Waals surface area contributed by atoms with Crippen LogP contribution in [0.5, 0.6) is 0 Å². The van der Waals surface area contributed by atoms with E-state index in [2.05, 4.69) is 35.8 Å². The second kappa shape index (κ2) is 4.97. The summed E-state index contributed by atoms with van der Waals surface area (Å²) in [6.07, 6.45) is 6.69. The monoisotopic (exact) mass is 332 g/mol. The molecule has 24 heavy (non-hydrogen) atoms. The molecule has 3 saturated carbocycles. The van der Waals surface area contributed by atoms with E-state index in [4.69, 9.17) is 5.11 Å². The van der Waals surface area contributed by atoms with Gasteiger partial charge in [-0.05, 0) is 57.9 Å². The summed E-state index contributed by atoms with van der Waals surface area (Å²) in [5.41, 5.74) is 1.33. The van der Waals surface area contributed by atoms with Crippen LogP contribution in [-0.4, -0.2) is 32.4 Å². The minimum absolute atomic E-state index is 0.0606. The molecule has 1 unspecified atom stereocenters. The highest BCUT2D eigenvalue weighted by Gasteiger charge is 2.72. The number of carbonyl (C=O) groups is 2.